The maximum atomic E-state index is 16.0. The summed E-state index contributed by atoms with van der Waals surface area (Å²) in [5.74, 6) is 0.354. The lowest BCUT2D eigenvalue weighted by Crippen LogP contribution is -2.34. The number of nitrogens with one attached hydrogen (secondary N) is 1. The Balaban J connectivity index is 1.73. The second-order valence-electron chi connectivity index (χ2n) is 8.44. The Bertz CT molecular complexity index is 873. The molecule has 0 bridgehead atoms. The number of likely N-dealkylation sites (tertiary alicyclic amines) is 1. The van der Waals surface area contributed by atoms with Crippen LogP contribution in [-0.2, 0) is 10.4 Å². The van der Waals surface area contributed by atoms with Crippen molar-refractivity contribution in [2.45, 2.75) is 45.3 Å². The minimum atomic E-state index is -1.66. The number of H-pyrrole nitrogens is 1. The van der Waals surface area contributed by atoms with E-state index >= 15 is 4.39 Å². The molecule has 1 N–H and O–H groups in total. The molecule has 2 aromatic heterocycles. The molecule has 4 rings (SSSR count). The Labute approximate surface area is 157 Å². The minimum Gasteiger partial charge on any atom is -0.381 e. The van der Waals surface area contributed by atoms with Crippen LogP contribution in [0.25, 0.3) is 11.0 Å². The molecule has 148 valence electrons. The number of halogens is 1. The zero-order valence-electron chi connectivity index (χ0n) is 16.2. The monoisotopic (exact) mass is 377 g/mol. The lowest BCUT2D eigenvalue weighted by molar-refractivity contribution is 0.0672. The number of ether oxygens (including phenoxy) is 1. The summed E-state index contributed by atoms with van der Waals surface area (Å²) < 4.78 is 23.2. The zero-order valence-corrected chi connectivity index (χ0v) is 16.2. The SMILES string of the molecule is CC(C)CN1C[C@@H](C)[C@](F)(c2nc3c(cnn3C3CCOCC3)c(=O)[nH]2)C1. The molecule has 0 saturated carbocycles. The average molecular weight is 377 g/mol. The van der Waals surface area contributed by atoms with Crippen molar-refractivity contribution >= 4 is 11.0 Å². The van der Waals surface area contributed by atoms with Gasteiger partial charge in [-0.15, -0.1) is 0 Å². The lowest BCUT2D eigenvalue weighted by atomic mass is 9.93. The molecule has 7 nitrogen and oxygen atoms in total. The Morgan fingerprint density at radius 2 is 2.15 bits per heavy atom. The van der Waals surface area contributed by atoms with Crippen LogP contribution in [0.1, 0.15) is 45.5 Å². The van der Waals surface area contributed by atoms with Gasteiger partial charge < -0.3 is 9.72 Å². The number of alkyl halides is 1. The molecule has 2 fully saturated rings. The fourth-order valence-electron chi connectivity index (χ4n) is 4.37. The standard InChI is InChI=1S/C19H28FN5O2/c1-12(2)9-24-10-13(3)19(20,11-24)18-22-16-15(17(26)23-18)8-21-25(16)14-4-6-27-7-5-14/h8,12-14H,4-7,9-11H2,1-3H3,(H,22,23,26)/t13-,19+/m1/s1. The number of rotatable bonds is 4. The summed E-state index contributed by atoms with van der Waals surface area (Å²) in [6.45, 7) is 9.22. The van der Waals surface area contributed by atoms with E-state index < -0.39 is 5.67 Å². The van der Waals surface area contributed by atoms with E-state index in [1.165, 1.54) is 6.20 Å². The van der Waals surface area contributed by atoms with Crippen LogP contribution in [0.5, 0.6) is 0 Å². The lowest BCUT2D eigenvalue weighted by Gasteiger charge is -2.25. The smallest absolute Gasteiger partial charge is 0.262 e. The maximum Gasteiger partial charge on any atom is 0.262 e. The highest BCUT2D eigenvalue weighted by Crippen LogP contribution is 2.39. The van der Waals surface area contributed by atoms with E-state index in [1.54, 1.807) is 4.68 Å². The Morgan fingerprint density at radius 3 is 2.85 bits per heavy atom. The number of nitrogens with zero attached hydrogens (tertiary/aromatic N) is 4. The largest absolute Gasteiger partial charge is 0.381 e. The molecule has 0 amide bonds. The summed E-state index contributed by atoms with van der Waals surface area (Å²) in [5, 5.41) is 4.80. The molecule has 2 atom stereocenters. The first-order valence-corrected chi connectivity index (χ1v) is 9.85. The molecular formula is C19H28FN5O2. The van der Waals surface area contributed by atoms with Gasteiger partial charge in [-0.25, -0.2) is 14.1 Å². The molecular weight excluding hydrogens is 349 g/mol. The summed E-state index contributed by atoms with van der Waals surface area (Å²) in [7, 11) is 0. The van der Waals surface area contributed by atoms with E-state index in [-0.39, 0.29) is 29.9 Å². The first-order chi connectivity index (χ1) is 12.9. The predicted octanol–water partition coefficient (Wildman–Crippen LogP) is 2.24. The Hall–Kier alpha value is -1.80. The third kappa shape index (κ3) is 3.29. The molecule has 8 heteroatoms. The fourth-order valence-corrected chi connectivity index (χ4v) is 4.37. The highest BCUT2D eigenvalue weighted by atomic mass is 19.1. The van der Waals surface area contributed by atoms with Crippen LogP contribution in [0.2, 0.25) is 0 Å². The molecule has 0 spiro atoms. The van der Waals surface area contributed by atoms with Gasteiger partial charge in [-0.05, 0) is 18.8 Å². The van der Waals surface area contributed by atoms with Crippen LogP contribution in [0.3, 0.4) is 0 Å². The van der Waals surface area contributed by atoms with E-state index in [2.05, 4.69) is 33.8 Å². The van der Waals surface area contributed by atoms with Crippen LogP contribution >= 0.6 is 0 Å². The van der Waals surface area contributed by atoms with E-state index in [9.17, 15) is 4.79 Å². The van der Waals surface area contributed by atoms with Gasteiger partial charge in [-0.3, -0.25) is 9.69 Å². The number of fused-ring (bicyclic) bond motifs is 1. The van der Waals surface area contributed by atoms with Crippen molar-refractivity contribution in [3.8, 4) is 0 Å². The minimum absolute atomic E-state index is 0.132. The van der Waals surface area contributed by atoms with Gasteiger partial charge >= 0.3 is 0 Å². The van der Waals surface area contributed by atoms with E-state index in [4.69, 9.17) is 4.74 Å². The van der Waals surface area contributed by atoms with Gasteiger partial charge in [-0.1, -0.05) is 20.8 Å². The zero-order chi connectivity index (χ0) is 19.2. The van der Waals surface area contributed by atoms with Crippen LogP contribution in [0.15, 0.2) is 11.0 Å². The molecule has 0 radical (unpaired) electrons. The van der Waals surface area contributed by atoms with Gasteiger partial charge in [0, 0.05) is 38.8 Å². The first-order valence-electron chi connectivity index (χ1n) is 9.85. The molecule has 2 aliphatic heterocycles. The van der Waals surface area contributed by atoms with Crippen LogP contribution < -0.4 is 5.56 Å². The summed E-state index contributed by atoms with van der Waals surface area (Å²) in [6, 6.07) is 0.132. The second-order valence-corrected chi connectivity index (χ2v) is 8.44. The average Bonchev–Trinajstić information content (AvgIpc) is 3.17. The Morgan fingerprint density at radius 1 is 1.41 bits per heavy atom. The number of aromatic amines is 1. The number of hydrogen-bond donors (Lipinski definition) is 1. The summed E-state index contributed by atoms with van der Waals surface area (Å²) in [4.78, 5) is 22.0. The number of aromatic nitrogens is 4. The van der Waals surface area contributed by atoms with Crippen molar-refractivity contribution in [1.82, 2.24) is 24.6 Å². The van der Waals surface area contributed by atoms with Crippen molar-refractivity contribution in [3.63, 3.8) is 0 Å². The summed E-state index contributed by atoms with van der Waals surface area (Å²) in [6.07, 6.45) is 3.17. The highest BCUT2D eigenvalue weighted by Gasteiger charge is 2.48. The molecule has 0 aromatic carbocycles. The van der Waals surface area contributed by atoms with Crippen molar-refractivity contribution in [2.75, 3.05) is 32.8 Å². The molecule has 4 heterocycles. The van der Waals surface area contributed by atoms with Gasteiger partial charge in [-0.2, -0.15) is 5.10 Å². The maximum absolute atomic E-state index is 16.0. The quantitative estimate of drug-likeness (QED) is 0.884. The molecule has 2 aliphatic rings. The van der Waals surface area contributed by atoms with Gasteiger partial charge in [0.1, 0.15) is 5.39 Å². The number of hydrogen-bond acceptors (Lipinski definition) is 5. The second kappa shape index (κ2) is 6.98. The van der Waals surface area contributed by atoms with Crippen molar-refractivity contribution < 1.29 is 9.13 Å². The fraction of sp³-hybridized carbons (Fsp3) is 0.737. The topological polar surface area (TPSA) is 76.0 Å². The van der Waals surface area contributed by atoms with Gasteiger partial charge in [0.25, 0.3) is 5.56 Å². The molecule has 27 heavy (non-hydrogen) atoms. The van der Waals surface area contributed by atoms with Gasteiger partial charge in [0.2, 0.25) is 0 Å². The van der Waals surface area contributed by atoms with E-state index in [0.717, 1.165) is 19.4 Å². The molecule has 0 unspecified atom stereocenters. The highest BCUT2D eigenvalue weighted by molar-refractivity contribution is 5.73. The van der Waals surface area contributed by atoms with Crippen LogP contribution in [0.4, 0.5) is 4.39 Å². The van der Waals surface area contributed by atoms with Crippen LogP contribution in [0, 0.1) is 11.8 Å². The van der Waals surface area contributed by atoms with E-state index in [1.807, 2.05) is 6.92 Å². The van der Waals surface area contributed by atoms with Crippen LogP contribution in [-0.4, -0.2) is 57.5 Å². The summed E-state index contributed by atoms with van der Waals surface area (Å²) in [5.41, 5.74) is -1.50. The van der Waals surface area contributed by atoms with Gasteiger partial charge in [0.05, 0.1) is 12.2 Å². The Kier molecular flexibility index (Phi) is 4.80. The normalized spacial score (nSPS) is 27.8. The first kappa shape index (κ1) is 18.6. The molecule has 0 aliphatic carbocycles. The van der Waals surface area contributed by atoms with E-state index in [0.29, 0.717) is 36.7 Å². The molecule has 2 saturated heterocycles. The third-order valence-corrected chi connectivity index (χ3v) is 5.78. The van der Waals surface area contributed by atoms with Crippen molar-refractivity contribution in [3.05, 3.63) is 22.4 Å². The third-order valence-electron chi connectivity index (χ3n) is 5.78. The van der Waals surface area contributed by atoms with Crippen molar-refractivity contribution in [2.24, 2.45) is 11.8 Å². The molecule has 2 aromatic rings. The predicted molar refractivity (Wildman–Crippen MR) is 100 cm³/mol. The summed E-state index contributed by atoms with van der Waals surface area (Å²) >= 11 is 0. The van der Waals surface area contributed by atoms with Crippen molar-refractivity contribution in [1.29, 1.82) is 0 Å². The van der Waals surface area contributed by atoms with Gasteiger partial charge in [0.15, 0.2) is 17.1 Å².